The van der Waals surface area contributed by atoms with Crippen LogP contribution in [0.25, 0.3) is 0 Å². The van der Waals surface area contributed by atoms with E-state index in [1.165, 1.54) is 23.9 Å². The van der Waals surface area contributed by atoms with Crippen LogP contribution in [0, 0.1) is 18.7 Å². The third kappa shape index (κ3) is 6.54. The molecule has 0 bridgehead atoms. The summed E-state index contributed by atoms with van der Waals surface area (Å²) in [7, 11) is 0. The van der Waals surface area contributed by atoms with Gasteiger partial charge >= 0.3 is 0 Å². The number of nitrogens with one attached hydrogen (secondary N) is 2. The predicted octanol–water partition coefficient (Wildman–Crippen LogP) is 5.91. The van der Waals surface area contributed by atoms with Crippen LogP contribution in [0.3, 0.4) is 0 Å². The van der Waals surface area contributed by atoms with Crippen molar-refractivity contribution in [3.05, 3.63) is 69.2 Å². The first-order chi connectivity index (χ1) is 16.6. The maximum absolute atomic E-state index is 13.7. The van der Waals surface area contributed by atoms with E-state index in [1.807, 2.05) is 25.3 Å². The number of nitrogens with zero attached hydrogens (tertiary/aromatic N) is 3. The smallest absolute Gasteiger partial charge is 0.253 e. The monoisotopic (exact) mass is 537 g/mol. The number of amides is 2. The molecule has 0 saturated heterocycles. The maximum atomic E-state index is 13.7. The lowest BCUT2D eigenvalue weighted by Gasteiger charge is -2.22. The number of thioether (sulfide) groups is 1. The fourth-order valence-electron chi connectivity index (χ4n) is 3.42. The quantitative estimate of drug-likeness (QED) is 0.331. The van der Waals surface area contributed by atoms with Crippen LogP contribution in [0.2, 0.25) is 10.0 Å². The van der Waals surface area contributed by atoms with Crippen LogP contribution in [0.1, 0.15) is 48.6 Å². The van der Waals surface area contributed by atoms with Crippen molar-refractivity contribution >= 4 is 52.5 Å². The van der Waals surface area contributed by atoms with E-state index in [2.05, 4.69) is 20.8 Å². The van der Waals surface area contributed by atoms with Gasteiger partial charge in [0.05, 0.1) is 22.4 Å². The van der Waals surface area contributed by atoms with Gasteiger partial charge in [-0.05, 0) is 50.1 Å². The van der Waals surface area contributed by atoms with Gasteiger partial charge in [-0.25, -0.2) is 4.39 Å². The van der Waals surface area contributed by atoms with Gasteiger partial charge in [-0.2, -0.15) is 0 Å². The molecule has 2 aromatic carbocycles. The Balaban J connectivity index is 1.74. The third-order valence-electron chi connectivity index (χ3n) is 5.34. The Hall–Kier alpha value is -2.62. The maximum Gasteiger partial charge on any atom is 0.253 e. The van der Waals surface area contributed by atoms with E-state index in [1.54, 1.807) is 31.2 Å². The molecule has 0 aliphatic heterocycles. The zero-order valence-corrected chi connectivity index (χ0v) is 22.1. The van der Waals surface area contributed by atoms with Crippen molar-refractivity contribution in [2.24, 2.45) is 5.92 Å². The van der Waals surface area contributed by atoms with E-state index in [0.717, 1.165) is 0 Å². The number of hydrogen-bond donors (Lipinski definition) is 2. The zero-order chi connectivity index (χ0) is 25.7. The number of halogens is 3. The fourth-order valence-corrected chi connectivity index (χ4v) is 4.72. The number of carbonyl (C=O) groups excluding carboxylic acids is 2. The summed E-state index contributed by atoms with van der Waals surface area (Å²) >= 11 is 13.4. The van der Waals surface area contributed by atoms with Gasteiger partial charge in [-0.15, -0.1) is 10.2 Å². The second kappa shape index (κ2) is 11.9. The molecule has 1 atom stereocenters. The van der Waals surface area contributed by atoms with Crippen LogP contribution in [0.4, 0.5) is 10.1 Å². The largest absolute Gasteiger partial charge is 0.342 e. The van der Waals surface area contributed by atoms with Gasteiger partial charge in [-0.3, -0.25) is 9.59 Å². The van der Waals surface area contributed by atoms with Crippen molar-refractivity contribution < 1.29 is 14.0 Å². The minimum Gasteiger partial charge on any atom is -0.342 e. The van der Waals surface area contributed by atoms with Crippen LogP contribution < -0.4 is 10.6 Å². The Bertz CT molecular complexity index is 1230. The number of aromatic nitrogens is 3. The van der Waals surface area contributed by atoms with Crippen molar-refractivity contribution in [2.45, 2.75) is 45.4 Å². The molecule has 186 valence electrons. The van der Waals surface area contributed by atoms with Crippen molar-refractivity contribution in [2.75, 3.05) is 11.1 Å². The summed E-state index contributed by atoms with van der Waals surface area (Å²) in [6.07, 6.45) is 0. The van der Waals surface area contributed by atoms with Gasteiger partial charge in [0.1, 0.15) is 5.82 Å². The molecular formula is C24H26Cl2FN5O2S. The van der Waals surface area contributed by atoms with Crippen LogP contribution in [-0.4, -0.2) is 32.3 Å². The normalized spacial score (nSPS) is 12.0. The molecule has 0 aliphatic carbocycles. The molecule has 3 rings (SSSR count). The summed E-state index contributed by atoms with van der Waals surface area (Å²) in [4.78, 5) is 25.4. The molecule has 0 unspecified atom stereocenters. The molecule has 11 heteroatoms. The van der Waals surface area contributed by atoms with Crippen LogP contribution in [-0.2, 0) is 11.3 Å². The third-order valence-corrected chi connectivity index (χ3v) is 6.86. The molecule has 35 heavy (non-hydrogen) atoms. The molecule has 2 amide bonds. The molecule has 0 saturated carbocycles. The molecule has 0 spiro atoms. The Labute approximate surface area is 217 Å². The minimum absolute atomic E-state index is 0.00312. The topological polar surface area (TPSA) is 88.9 Å². The lowest BCUT2D eigenvalue weighted by Crippen LogP contribution is -2.34. The molecule has 0 aliphatic rings. The van der Waals surface area contributed by atoms with Gasteiger partial charge in [0.25, 0.3) is 5.91 Å². The van der Waals surface area contributed by atoms with E-state index in [0.29, 0.717) is 39.4 Å². The molecule has 1 heterocycles. The Morgan fingerprint density at radius 2 is 1.91 bits per heavy atom. The van der Waals surface area contributed by atoms with Crippen molar-refractivity contribution in [1.82, 2.24) is 20.1 Å². The highest BCUT2D eigenvalue weighted by Crippen LogP contribution is 2.27. The van der Waals surface area contributed by atoms with Crippen LogP contribution >= 0.6 is 35.0 Å². The van der Waals surface area contributed by atoms with Crippen molar-refractivity contribution in [1.29, 1.82) is 0 Å². The second-order valence-corrected chi connectivity index (χ2v) is 9.94. The summed E-state index contributed by atoms with van der Waals surface area (Å²) in [5.41, 5.74) is 1.11. The van der Waals surface area contributed by atoms with E-state index in [9.17, 15) is 14.0 Å². The van der Waals surface area contributed by atoms with E-state index >= 15 is 0 Å². The molecule has 0 radical (unpaired) electrons. The van der Waals surface area contributed by atoms with Gasteiger partial charge in [0.2, 0.25) is 5.91 Å². The fraction of sp³-hybridized carbons (Fsp3) is 0.333. The average Bonchev–Trinajstić information content (AvgIpc) is 3.21. The van der Waals surface area contributed by atoms with Gasteiger partial charge in [0.15, 0.2) is 11.0 Å². The van der Waals surface area contributed by atoms with Crippen molar-refractivity contribution in [3.63, 3.8) is 0 Å². The minimum atomic E-state index is -0.445. The Morgan fingerprint density at radius 3 is 2.57 bits per heavy atom. The zero-order valence-electron chi connectivity index (χ0n) is 19.7. The summed E-state index contributed by atoms with van der Waals surface area (Å²) < 4.78 is 15.6. The van der Waals surface area contributed by atoms with E-state index < -0.39 is 6.04 Å². The molecule has 2 N–H and O–H groups in total. The summed E-state index contributed by atoms with van der Waals surface area (Å²) in [6.45, 7) is 8.00. The summed E-state index contributed by atoms with van der Waals surface area (Å²) in [5.74, 6) is -0.390. The van der Waals surface area contributed by atoms with Gasteiger partial charge in [-0.1, -0.05) is 54.9 Å². The van der Waals surface area contributed by atoms with Gasteiger partial charge in [0, 0.05) is 22.8 Å². The Kier molecular flexibility index (Phi) is 9.15. The molecule has 0 fully saturated rings. The summed E-state index contributed by atoms with van der Waals surface area (Å²) in [6, 6.07) is 8.78. The Morgan fingerprint density at radius 1 is 1.17 bits per heavy atom. The van der Waals surface area contributed by atoms with Gasteiger partial charge < -0.3 is 15.2 Å². The van der Waals surface area contributed by atoms with E-state index in [-0.39, 0.29) is 34.3 Å². The van der Waals surface area contributed by atoms with E-state index in [4.69, 9.17) is 23.2 Å². The molecular weight excluding hydrogens is 512 g/mol. The second-order valence-electron chi connectivity index (χ2n) is 8.15. The summed E-state index contributed by atoms with van der Waals surface area (Å²) in [5, 5.41) is 15.5. The number of anilines is 1. The highest BCUT2D eigenvalue weighted by Gasteiger charge is 2.27. The molecule has 1 aromatic heterocycles. The highest BCUT2D eigenvalue weighted by atomic mass is 35.5. The number of rotatable bonds is 9. The van der Waals surface area contributed by atoms with Crippen LogP contribution in [0.5, 0.6) is 0 Å². The standard InChI is InChI=1S/C24H26Cl2FN5O2S/c1-5-32-22(21(13(2)3)29-23(34)16-10-9-15(25)11-17(16)26)30-31-24(32)35-12-20(33)28-19-8-6-7-18(27)14(19)4/h6-11,13,21H,5,12H2,1-4H3,(H,28,33)(H,29,34)/t21-/m0/s1. The first-order valence-electron chi connectivity index (χ1n) is 11.0. The van der Waals surface area contributed by atoms with Crippen molar-refractivity contribution in [3.8, 4) is 0 Å². The predicted molar refractivity (Wildman–Crippen MR) is 138 cm³/mol. The first-order valence-corrected chi connectivity index (χ1v) is 12.7. The first kappa shape index (κ1) is 27.0. The lowest BCUT2D eigenvalue weighted by molar-refractivity contribution is -0.113. The average molecular weight is 538 g/mol. The number of carbonyl (C=O) groups is 2. The SMILES string of the molecule is CCn1c(SCC(=O)Nc2cccc(F)c2C)nnc1[C@@H](NC(=O)c1ccc(Cl)cc1Cl)C(C)C. The lowest BCUT2D eigenvalue weighted by atomic mass is 10.0. The number of hydrogen-bond acceptors (Lipinski definition) is 5. The molecule has 7 nitrogen and oxygen atoms in total. The highest BCUT2D eigenvalue weighted by molar-refractivity contribution is 7.99. The van der Waals surface area contributed by atoms with Crippen LogP contribution in [0.15, 0.2) is 41.6 Å². The number of benzene rings is 2. The molecule has 3 aromatic rings.